The summed E-state index contributed by atoms with van der Waals surface area (Å²) in [7, 11) is 0. The lowest BCUT2D eigenvalue weighted by Gasteiger charge is -2.33. The lowest BCUT2D eigenvalue weighted by atomic mass is 10.0. The highest BCUT2D eigenvalue weighted by atomic mass is 19.1. The molecule has 1 atom stereocenters. The van der Waals surface area contributed by atoms with Crippen molar-refractivity contribution in [3.05, 3.63) is 83.6 Å². The molecule has 0 saturated carbocycles. The molecule has 1 unspecified atom stereocenters. The molecule has 3 aromatic rings. The van der Waals surface area contributed by atoms with E-state index in [0.29, 0.717) is 30.4 Å². The Morgan fingerprint density at radius 1 is 1.07 bits per heavy atom. The van der Waals surface area contributed by atoms with Crippen molar-refractivity contribution in [2.24, 2.45) is 0 Å². The van der Waals surface area contributed by atoms with Crippen molar-refractivity contribution >= 4 is 5.91 Å². The highest BCUT2D eigenvalue weighted by Crippen LogP contribution is 2.31. The molecule has 2 aromatic carbocycles. The number of oxazole rings is 1. The van der Waals surface area contributed by atoms with Gasteiger partial charge in [-0.2, -0.15) is 0 Å². The molecule has 0 bridgehead atoms. The topological polar surface area (TPSA) is 55.6 Å². The summed E-state index contributed by atoms with van der Waals surface area (Å²) >= 11 is 0. The number of amides is 1. The van der Waals surface area contributed by atoms with Gasteiger partial charge in [-0.3, -0.25) is 4.79 Å². The van der Waals surface area contributed by atoms with Crippen LogP contribution in [0.1, 0.15) is 42.5 Å². The lowest BCUT2D eigenvalue weighted by molar-refractivity contribution is -0.137. The second kappa shape index (κ2) is 9.07. The Morgan fingerprint density at radius 2 is 1.77 bits per heavy atom. The van der Waals surface area contributed by atoms with Crippen LogP contribution in [0.3, 0.4) is 0 Å². The summed E-state index contributed by atoms with van der Waals surface area (Å²) in [5.41, 5.74) is 0.920. The maximum absolute atomic E-state index is 13.1. The van der Waals surface area contributed by atoms with E-state index in [2.05, 4.69) is 4.98 Å². The van der Waals surface area contributed by atoms with Crippen molar-refractivity contribution in [2.75, 3.05) is 13.2 Å². The van der Waals surface area contributed by atoms with Gasteiger partial charge in [-0.15, -0.1) is 0 Å². The second-order valence-electron chi connectivity index (χ2n) is 7.31. The van der Waals surface area contributed by atoms with Gasteiger partial charge in [0.15, 0.2) is 6.61 Å². The van der Waals surface area contributed by atoms with Gasteiger partial charge in [-0.25, -0.2) is 13.8 Å². The van der Waals surface area contributed by atoms with Gasteiger partial charge in [0.1, 0.15) is 29.2 Å². The first kappa shape index (κ1) is 20.1. The van der Waals surface area contributed by atoms with Crippen molar-refractivity contribution < 1.29 is 22.7 Å². The molecule has 0 radical (unpaired) electrons. The van der Waals surface area contributed by atoms with E-state index in [-0.39, 0.29) is 30.2 Å². The zero-order valence-electron chi connectivity index (χ0n) is 16.4. The Morgan fingerprint density at radius 3 is 2.50 bits per heavy atom. The molecule has 5 nitrogen and oxygen atoms in total. The van der Waals surface area contributed by atoms with Gasteiger partial charge in [-0.05, 0) is 61.2 Å². The Labute approximate surface area is 173 Å². The minimum absolute atomic E-state index is 0.134. The standard InChI is InChI=1S/C23H22F2N2O3/c24-17-6-4-16(5-7-17)13-20-14-26-23(30-20)21-3-1-2-12-27(21)22(28)15-29-19-10-8-18(25)9-11-19/h4-11,14,21H,1-3,12-13,15H2. The van der Waals surface area contributed by atoms with Crippen LogP contribution < -0.4 is 4.74 Å². The van der Waals surface area contributed by atoms with Crippen molar-refractivity contribution in [1.29, 1.82) is 0 Å². The first-order valence-corrected chi connectivity index (χ1v) is 9.95. The smallest absolute Gasteiger partial charge is 0.261 e. The first-order valence-electron chi connectivity index (χ1n) is 9.95. The second-order valence-corrected chi connectivity index (χ2v) is 7.31. The fourth-order valence-corrected chi connectivity index (χ4v) is 3.61. The van der Waals surface area contributed by atoms with Crippen molar-refractivity contribution in [3.8, 4) is 5.75 Å². The molecular weight excluding hydrogens is 390 g/mol. The minimum Gasteiger partial charge on any atom is -0.484 e. The third-order valence-corrected chi connectivity index (χ3v) is 5.15. The summed E-state index contributed by atoms with van der Waals surface area (Å²) in [6.07, 6.45) is 4.80. The molecule has 1 aliphatic rings. The summed E-state index contributed by atoms with van der Waals surface area (Å²) in [5, 5.41) is 0. The molecule has 0 N–H and O–H groups in total. The average molecular weight is 412 g/mol. The Kier molecular flexibility index (Phi) is 6.07. The van der Waals surface area contributed by atoms with E-state index in [9.17, 15) is 13.6 Å². The van der Waals surface area contributed by atoms with Crippen LogP contribution in [-0.2, 0) is 11.2 Å². The number of benzene rings is 2. The summed E-state index contributed by atoms with van der Waals surface area (Å²) in [5.74, 6) is 0.804. The Bertz CT molecular complexity index is 986. The van der Waals surface area contributed by atoms with E-state index < -0.39 is 0 Å². The van der Waals surface area contributed by atoms with Crippen LogP contribution in [0.4, 0.5) is 8.78 Å². The largest absolute Gasteiger partial charge is 0.484 e. The summed E-state index contributed by atoms with van der Waals surface area (Å²) in [6.45, 7) is 0.469. The van der Waals surface area contributed by atoms with Gasteiger partial charge in [0.05, 0.1) is 6.20 Å². The molecule has 4 rings (SSSR count). The SMILES string of the molecule is O=C(COc1ccc(F)cc1)N1CCCCC1c1ncc(Cc2ccc(F)cc2)o1. The van der Waals surface area contributed by atoms with Crippen LogP contribution in [-0.4, -0.2) is 28.9 Å². The zero-order chi connectivity index (χ0) is 20.9. The molecule has 1 aromatic heterocycles. The minimum atomic E-state index is -0.356. The van der Waals surface area contributed by atoms with Crippen LogP contribution in [0.15, 0.2) is 59.1 Å². The highest BCUT2D eigenvalue weighted by Gasteiger charge is 2.31. The van der Waals surface area contributed by atoms with Crippen LogP contribution in [0.25, 0.3) is 0 Å². The first-order chi connectivity index (χ1) is 14.6. The number of carbonyl (C=O) groups is 1. The molecule has 1 saturated heterocycles. The summed E-state index contributed by atoms with van der Waals surface area (Å²) in [6, 6.07) is 11.6. The number of piperidine rings is 1. The quantitative estimate of drug-likeness (QED) is 0.590. The number of aromatic nitrogens is 1. The molecular formula is C23H22F2N2O3. The number of carbonyl (C=O) groups excluding carboxylic acids is 1. The van der Waals surface area contributed by atoms with Gasteiger partial charge < -0.3 is 14.1 Å². The third-order valence-electron chi connectivity index (χ3n) is 5.15. The maximum atomic E-state index is 13.1. The van der Waals surface area contributed by atoms with Crippen LogP contribution >= 0.6 is 0 Å². The number of ether oxygens (including phenoxy) is 1. The van der Waals surface area contributed by atoms with E-state index in [1.165, 1.54) is 36.4 Å². The maximum Gasteiger partial charge on any atom is 0.261 e. The van der Waals surface area contributed by atoms with Gasteiger partial charge in [0.2, 0.25) is 5.89 Å². The number of hydrogen-bond acceptors (Lipinski definition) is 4. The molecule has 156 valence electrons. The van der Waals surface area contributed by atoms with Crippen LogP contribution in [0, 0.1) is 11.6 Å². The molecule has 1 fully saturated rings. The number of nitrogens with zero attached hydrogens (tertiary/aromatic N) is 2. The van der Waals surface area contributed by atoms with E-state index in [1.807, 2.05) is 0 Å². The average Bonchev–Trinajstić information content (AvgIpc) is 3.23. The van der Waals surface area contributed by atoms with Gasteiger partial charge in [0.25, 0.3) is 5.91 Å². The van der Waals surface area contributed by atoms with E-state index in [1.54, 1.807) is 23.2 Å². The molecule has 2 heterocycles. The molecule has 7 heteroatoms. The monoisotopic (exact) mass is 412 g/mol. The number of likely N-dealkylation sites (tertiary alicyclic amines) is 1. The Balaban J connectivity index is 1.41. The van der Waals surface area contributed by atoms with Crippen molar-refractivity contribution in [1.82, 2.24) is 9.88 Å². The number of hydrogen-bond donors (Lipinski definition) is 0. The molecule has 30 heavy (non-hydrogen) atoms. The molecule has 0 aliphatic carbocycles. The lowest BCUT2D eigenvalue weighted by Crippen LogP contribution is -2.41. The predicted octanol–water partition coefficient (Wildman–Crippen LogP) is 4.68. The van der Waals surface area contributed by atoms with Crippen LogP contribution in [0.2, 0.25) is 0 Å². The van der Waals surface area contributed by atoms with Gasteiger partial charge >= 0.3 is 0 Å². The van der Waals surface area contributed by atoms with E-state index in [0.717, 1.165) is 24.8 Å². The fraction of sp³-hybridized carbons (Fsp3) is 0.304. The Hall–Kier alpha value is -3.22. The van der Waals surface area contributed by atoms with Crippen LogP contribution in [0.5, 0.6) is 5.75 Å². The van der Waals surface area contributed by atoms with E-state index in [4.69, 9.17) is 9.15 Å². The summed E-state index contributed by atoms with van der Waals surface area (Å²) < 4.78 is 37.5. The van der Waals surface area contributed by atoms with Gasteiger partial charge in [-0.1, -0.05) is 12.1 Å². The number of halogens is 2. The fourth-order valence-electron chi connectivity index (χ4n) is 3.61. The summed E-state index contributed by atoms with van der Waals surface area (Å²) in [4.78, 5) is 18.9. The predicted molar refractivity (Wildman–Crippen MR) is 106 cm³/mol. The van der Waals surface area contributed by atoms with Crippen molar-refractivity contribution in [2.45, 2.75) is 31.7 Å². The normalized spacial score (nSPS) is 16.5. The molecule has 0 spiro atoms. The van der Waals surface area contributed by atoms with E-state index >= 15 is 0 Å². The van der Waals surface area contributed by atoms with Gasteiger partial charge in [0, 0.05) is 13.0 Å². The molecule has 1 amide bonds. The molecule has 1 aliphatic heterocycles. The van der Waals surface area contributed by atoms with Crippen molar-refractivity contribution in [3.63, 3.8) is 0 Å². The third kappa shape index (κ3) is 4.84. The number of rotatable bonds is 6. The highest BCUT2D eigenvalue weighted by molar-refractivity contribution is 5.78. The zero-order valence-corrected chi connectivity index (χ0v) is 16.4.